The molecule has 0 unspecified atom stereocenters. The summed E-state index contributed by atoms with van der Waals surface area (Å²) in [5.41, 5.74) is 6.86. The van der Waals surface area contributed by atoms with Crippen LogP contribution in [0.15, 0.2) is 46.9 Å². The second-order valence-electron chi connectivity index (χ2n) is 6.51. The van der Waals surface area contributed by atoms with E-state index in [-0.39, 0.29) is 18.9 Å². The summed E-state index contributed by atoms with van der Waals surface area (Å²) in [6.45, 7) is 1.87. The number of aliphatic carboxylic acids is 1. The van der Waals surface area contributed by atoms with E-state index in [4.69, 9.17) is 23.1 Å². The van der Waals surface area contributed by atoms with Gasteiger partial charge in [0.1, 0.15) is 10.4 Å². The predicted octanol–water partition coefficient (Wildman–Crippen LogP) is 1.67. The Bertz CT molecular complexity index is 928. The molecule has 0 bridgehead atoms. The van der Waals surface area contributed by atoms with Crippen molar-refractivity contribution >= 4 is 58.1 Å². The molecular weight excluding hydrogens is 426 g/mol. The molecule has 8 nitrogen and oxygen atoms in total. The molecule has 30 heavy (non-hydrogen) atoms. The zero-order valence-corrected chi connectivity index (χ0v) is 17.8. The highest BCUT2D eigenvalue weighted by atomic mass is 32.2. The summed E-state index contributed by atoms with van der Waals surface area (Å²) < 4.78 is 0.318. The van der Waals surface area contributed by atoms with Crippen molar-refractivity contribution in [1.82, 2.24) is 10.2 Å². The zero-order chi connectivity index (χ0) is 22.3. The summed E-state index contributed by atoms with van der Waals surface area (Å²) in [5, 5.41) is 11.3. The maximum absolute atomic E-state index is 12.6. The van der Waals surface area contributed by atoms with E-state index < -0.39 is 30.2 Å². The molecule has 1 heterocycles. The van der Waals surface area contributed by atoms with Gasteiger partial charge in [0.05, 0.1) is 11.3 Å². The lowest BCUT2D eigenvalue weighted by Gasteiger charge is -2.16. The fourth-order valence-electron chi connectivity index (χ4n) is 2.63. The van der Waals surface area contributed by atoms with Crippen LogP contribution in [0.2, 0.25) is 0 Å². The van der Waals surface area contributed by atoms with Crippen molar-refractivity contribution in [3.8, 4) is 0 Å². The van der Waals surface area contributed by atoms with Crippen molar-refractivity contribution in [3.05, 3.63) is 52.4 Å². The number of thiocarbonyl (C=S) groups is 1. The number of hydrogen-bond acceptors (Lipinski definition) is 6. The van der Waals surface area contributed by atoms with Gasteiger partial charge in [-0.3, -0.25) is 19.3 Å². The van der Waals surface area contributed by atoms with Gasteiger partial charge in [0.2, 0.25) is 11.8 Å². The van der Waals surface area contributed by atoms with Crippen molar-refractivity contribution in [2.75, 3.05) is 6.54 Å². The normalized spacial score (nSPS) is 16.6. The smallest absolute Gasteiger partial charge is 0.326 e. The first-order chi connectivity index (χ1) is 14.2. The van der Waals surface area contributed by atoms with E-state index in [2.05, 4.69) is 5.32 Å². The number of carbonyl (C=O) groups excluding carboxylic acids is 3. The Hall–Kier alpha value is -2.98. The summed E-state index contributed by atoms with van der Waals surface area (Å²) in [6.07, 6.45) is 2.99. The zero-order valence-electron chi connectivity index (χ0n) is 16.2. The molecule has 0 aromatic heterocycles. The lowest BCUT2D eigenvalue weighted by Crippen LogP contribution is -2.44. The number of amides is 3. The fraction of sp³-hybridized carbons (Fsp3) is 0.250. The van der Waals surface area contributed by atoms with E-state index in [0.717, 1.165) is 22.9 Å². The molecule has 1 saturated heterocycles. The largest absolute Gasteiger partial charge is 0.480 e. The monoisotopic (exact) mass is 447 g/mol. The molecule has 1 aromatic rings. The number of carboxylic acids is 1. The number of carbonyl (C=O) groups is 4. The van der Waals surface area contributed by atoms with Crippen LogP contribution in [0, 0.1) is 0 Å². The second kappa shape index (κ2) is 10.7. The summed E-state index contributed by atoms with van der Waals surface area (Å²) in [7, 11) is 0. The molecule has 1 aromatic carbocycles. The Morgan fingerprint density at radius 3 is 2.57 bits per heavy atom. The van der Waals surface area contributed by atoms with Crippen LogP contribution >= 0.6 is 24.0 Å². The van der Waals surface area contributed by atoms with Gasteiger partial charge in [-0.15, -0.1) is 0 Å². The number of rotatable bonds is 9. The third kappa shape index (κ3) is 6.82. The number of nitrogens with two attached hydrogens (primary N) is 1. The third-order valence-electron chi connectivity index (χ3n) is 4.03. The van der Waals surface area contributed by atoms with Gasteiger partial charge in [0.15, 0.2) is 0 Å². The SMILES string of the molecule is CC(=C\c1ccccc1)/C=C1/SC(=S)N(CCC(=O)N[C@H](CC(N)=O)C(=O)O)C1=O. The minimum absolute atomic E-state index is 0.00179. The Kier molecular flexibility index (Phi) is 8.31. The average Bonchev–Trinajstić information content (AvgIpc) is 2.92. The first-order valence-corrected chi connectivity index (χ1v) is 10.2. The van der Waals surface area contributed by atoms with Crippen LogP contribution in [0.3, 0.4) is 0 Å². The highest BCUT2D eigenvalue weighted by Gasteiger charge is 2.32. The lowest BCUT2D eigenvalue weighted by molar-refractivity contribution is -0.143. The van der Waals surface area contributed by atoms with Crippen LogP contribution in [0.4, 0.5) is 0 Å². The van der Waals surface area contributed by atoms with Crippen LogP contribution in [0.5, 0.6) is 0 Å². The van der Waals surface area contributed by atoms with Crippen molar-refractivity contribution in [2.24, 2.45) is 5.73 Å². The number of allylic oxidation sites excluding steroid dienone is 2. The molecular formula is C20H21N3O5S2. The molecule has 1 aliphatic heterocycles. The maximum atomic E-state index is 12.6. The Labute approximate surface area is 183 Å². The number of carboxylic acid groups (broad SMARTS) is 1. The molecule has 1 fully saturated rings. The van der Waals surface area contributed by atoms with E-state index in [1.54, 1.807) is 6.08 Å². The Morgan fingerprint density at radius 2 is 1.97 bits per heavy atom. The Balaban J connectivity index is 1.98. The number of nitrogens with one attached hydrogen (secondary N) is 1. The number of primary amides is 1. The van der Waals surface area contributed by atoms with Gasteiger partial charge >= 0.3 is 5.97 Å². The first kappa shape index (κ1) is 23.3. The predicted molar refractivity (Wildman–Crippen MR) is 118 cm³/mol. The van der Waals surface area contributed by atoms with E-state index in [1.165, 1.54) is 4.90 Å². The average molecular weight is 448 g/mol. The first-order valence-electron chi connectivity index (χ1n) is 8.96. The molecule has 3 amide bonds. The third-order valence-corrected chi connectivity index (χ3v) is 5.41. The molecule has 0 aliphatic carbocycles. The van der Waals surface area contributed by atoms with Gasteiger partial charge in [0, 0.05) is 13.0 Å². The molecule has 1 aliphatic rings. The van der Waals surface area contributed by atoms with Crippen molar-refractivity contribution in [3.63, 3.8) is 0 Å². The van der Waals surface area contributed by atoms with E-state index >= 15 is 0 Å². The number of nitrogens with zero attached hydrogens (tertiary/aromatic N) is 1. The minimum Gasteiger partial charge on any atom is -0.480 e. The molecule has 0 spiro atoms. The molecule has 0 radical (unpaired) electrons. The fourth-order valence-corrected chi connectivity index (χ4v) is 3.99. The summed E-state index contributed by atoms with van der Waals surface area (Å²) in [5.74, 6) is -3.15. The lowest BCUT2D eigenvalue weighted by atomic mass is 10.1. The minimum atomic E-state index is -1.41. The quantitative estimate of drug-likeness (QED) is 0.388. The van der Waals surface area contributed by atoms with Crippen molar-refractivity contribution < 1.29 is 24.3 Å². The van der Waals surface area contributed by atoms with Gasteiger partial charge in [-0.25, -0.2) is 4.79 Å². The number of benzene rings is 1. The van der Waals surface area contributed by atoms with Gasteiger partial charge in [0.25, 0.3) is 5.91 Å². The van der Waals surface area contributed by atoms with Crippen LogP contribution < -0.4 is 11.1 Å². The van der Waals surface area contributed by atoms with Crippen LogP contribution in [-0.4, -0.2) is 50.6 Å². The maximum Gasteiger partial charge on any atom is 0.326 e. The summed E-state index contributed by atoms with van der Waals surface area (Å²) in [6, 6.07) is 8.24. The van der Waals surface area contributed by atoms with Crippen LogP contribution in [0.1, 0.15) is 25.3 Å². The van der Waals surface area contributed by atoms with Gasteiger partial charge in [-0.05, 0) is 24.1 Å². The van der Waals surface area contributed by atoms with E-state index in [0.29, 0.717) is 9.23 Å². The molecule has 4 N–H and O–H groups in total. The highest BCUT2D eigenvalue weighted by Crippen LogP contribution is 2.32. The highest BCUT2D eigenvalue weighted by molar-refractivity contribution is 8.26. The number of hydrogen-bond donors (Lipinski definition) is 3. The summed E-state index contributed by atoms with van der Waals surface area (Å²) in [4.78, 5) is 48.4. The topological polar surface area (TPSA) is 130 Å². The standard InChI is InChI=1S/C20H21N3O5S2/c1-12(9-13-5-3-2-4-6-13)10-15-18(26)23(20(29)30-15)8-7-17(25)22-14(19(27)28)11-16(21)24/h2-6,9-10,14H,7-8,11H2,1H3,(H2,21,24)(H,22,25)(H,27,28)/b12-9+,15-10+/t14-/m1/s1. The summed E-state index contributed by atoms with van der Waals surface area (Å²) >= 11 is 6.38. The Morgan fingerprint density at radius 1 is 1.30 bits per heavy atom. The van der Waals surface area contributed by atoms with Crippen LogP contribution in [-0.2, 0) is 19.2 Å². The second-order valence-corrected chi connectivity index (χ2v) is 8.19. The molecule has 0 saturated carbocycles. The van der Waals surface area contributed by atoms with Gasteiger partial charge in [-0.2, -0.15) is 0 Å². The number of thioether (sulfide) groups is 1. The molecule has 10 heteroatoms. The van der Waals surface area contributed by atoms with E-state index in [9.17, 15) is 19.2 Å². The van der Waals surface area contributed by atoms with Crippen LogP contribution in [0.25, 0.3) is 6.08 Å². The van der Waals surface area contributed by atoms with E-state index in [1.807, 2.05) is 43.3 Å². The van der Waals surface area contributed by atoms with Crippen molar-refractivity contribution in [2.45, 2.75) is 25.8 Å². The molecule has 158 valence electrons. The van der Waals surface area contributed by atoms with Gasteiger partial charge in [-0.1, -0.05) is 60.4 Å². The van der Waals surface area contributed by atoms with Gasteiger partial charge < -0.3 is 16.2 Å². The molecule has 1 atom stereocenters. The van der Waals surface area contributed by atoms with Crippen molar-refractivity contribution in [1.29, 1.82) is 0 Å². The molecule has 2 rings (SSSR count).